The third-order valence-electron chi connectivity index (χ3n) is 6.56. The second-order valence-electron chi connectivity index (χ2n) is 8.82. The number of fused-ring (bicyclic) bond motifs is 2. The minimum atomic E-state index is -3.39. The van der Waals surface area contributed by atoms with Crippen molar-refractivity contribution in [2.24, 2.45) is 0 Å². The van der Waals surface area contributed by atoms with Gasteiger partial charge in [-0.15, -0.1) is 0 Å². The number of hydrogen-bond acceptors (Lipinski definition) is 5. The molecule has 1 fully saturated rings. The monoisotopic (exact) mass is 477 g/mol. The lowest BCUT2D eigenvalue weighted by Gasteiger charge is -2.24. The Balaban J connectivity index is 1.41. The van der Waals surface area contributed by atoms with Crippen LogP contribution in [0.2, 0.25) is 0 Å². The summed E-state index contributed by atoms with van der Waals surface area (Å²) in [7, 11) is -3.39. The average Bonchev–Trinajstić information content (AvgIpc) is 3.33. The Morgan fingerprint density at radius 2 is 1.79 bits per heavy atom. The lowest BCUT2D eigenvalue weighted by Crippen LogP contribution is -2.41. The van der Waals surface area contributed by atoms with Gasteiger partial charge in [0.1, 0.15) is 5.54 Å². The standard InChI is InChI=1S/C25H23N3O5S/c1-25(20-9-5-7-16-6-3-4-8-19(16)20)23(30)27(24(31)26-25)15-22(29)18-10-11-21-17(14-18)12-13-28(21)34(2,32)33/h3-11,14H,12-13,15H2,1-2H3,(H,26,31). The number of rotatable bonds is 5. The molecule has 0 bridgehead atoms. The van der Waals surface area contributed by atoms with Gasteiger partial charge in [0.05, 0.1) is 18.5 Å². The number of hydrogen-bond donors (Lipinski definition) is 1. The van der Waals surface area contributed by atoms with Gasteiger partial charge in [0.2, 0.25) is 10.0 Å². The van der Waals surface area contributed by atoms with E-state index in [1.165, 1.54) is 10.4 Å². The van der Waals surface area contributed by atoms with Crippen LogP contribution in [0.25, 0.3) is 10.8 Å². The molecule has 3 aromatic carbocycles. The van der Waals surface area contributed by atoms with Crippen LogP contribution in [-0.2, 0) is 26.8 Å². The van der Waals surface area contributed by atoms with E-state index in [0.29, 0.717) is 29.8 Å². The molecule has 2 aliphatic rings. The van der Waals surface area contributed by atoms with Crippen molar-refractivity contribution >= 4 is 44.2 Å². The number of nitrogens with one attached hydrogen (secondary N) is 1. The van der Waals surface area contributed by atoms with Crippen molar-refractivity contribution in [3.05, 3.63) is 77.4 Å². The van der Waals surface area contributed by atoms with Crippen molar-refractivity contribution in [2.75, 3.05) is 23.7 Å². The molecule has 0 spiro atoms. The Morgan fingerprint density at radius 3 is 2.56 bits per heavy atom. The van der Waals surface area contributed by atoms with E-state index < -0.39 is 39.8 Å². The Kier molecular flexibility index (Phi) is 4.98. The molecule has 0 saturated carbocycles. The normalized spacial score (nSPS) is 20.1. The van der Waals surface area contributed by atoms with Gasteiger partial charge in [-0.05, 0) is 53.4 Å². The molecule has 1 N–H and O–H groups in total. The van der Waals surface area contributed by atoms with Gasteiger partial charge in [0.15, 0.2) is 5.78 Å². The van der Waals surface area contributed by atoms with Crippen molar-refractivity contribution in [3.63, 3.8) is 0 Å². The van der Waals surface area contributed by atoms with Crippen LogP contribution < -0.4 is 9.62 Å². The zero-order valence-corrected chi connectivity index (χ0v) is 19.6. The smallest absolute Gasteiger partial charge is 0.319 e. The number of carbonyl (C=O) groups is 3. The summed E-state index contributed by atoms with van der Waals surface area (Å²) in [5, 5.41) is 4.57. The number of urea groups is 1. The summed E-state index contributed by atoms with van der Waals surface area (Å²) in [5.41, 5.74) is 0.990. The largest absolute Gasteiger partial charge is 0.325 e. The molecule has 9 heteroatoms. The highest BCUT2D eigenvalue weighted by Gasteiger charge is 2.50. The van der Waals surface area contributed by atoms with Crippen LogP contribution in [0.3, 0.4) is 0 Å². The molecule has 2 heterocycles. The van der Waals surface area contributed by atoms with Crippen molar-refractivity contribution in [3.8, 4) is 0 Å². The first-order valence-electron chi connectivity index (χ1n) is 10.9. The molecule has 2 aliphatic heterocycles. The zero-order valence-electron chi connectivity index (χ0n) is 18.7. The lowest BCUT2D eigenvalue weighted by atomic mass is 9.87. The van der Waals surface area contributed by atoms with E-state index in [1.54, 1.807) is 25.1 Å². The van der Waals surface area contributed by atoms with Gasteiger partial charge < -0.3 is 5.32 Å². The average molecular weight is 478 g/mol. The molecule has 0 aromatic heterocycles. The maximum atomic E-state index is 13.4. The zero-order chi connectivity index (χ0) is 24.3. The van der Waals surface area contributed by atoms with E-state index in [1.807, 2.05) is 36.4 Å². The van der Waals surface area contributed by atoms with E-state index >= 15 is 0 Å². The van der Waals surface area contributed by atoms with Crippen LogP contribution in [0.4, 0.5) is 10.5 Å². The summed E-state index contributed by atoms with van der Waals surface area (Å²) in [4.78, 5) is 40.2. The molecule has 8 nitrogen and oxygen atoms in total. The van der Waals surface area contributed by atoms with Gasteiger partial charge >= 0.3 is 6.03 Å². The highest BCUT2D eigenvalue weighted by Crippen LogP contribution is 2.34. The first-order valence-corrected chi connectivity index (χ1v) is 12.7. The number of ketones is 1. The number of amides is 3. The van der Waals surface area contributed by atoms with Crippen LogP contribution in [-0.4, -0.2) is 50.4 Å². The van der Waals surface area contributed by atoms with Gasteiger partial charge in [-0.25, -0.2) is 13.2 Å². The minimum absolute atomic E-state index is 0.322. The quantitative estimate of drug-likeness (QED) is 0.450. The number of anilines is 1. The van der Waals surface area contributed by atoms with Crippen molar-refractivity contribution < 1.29 is 22.8 Å². The number of sulfonamides is 1. The van der Waals surface area contributed by atoms with Crippen LogP contribution >= 0.6 is 0 Å². The Labute approximate surface area is 197 Å². The molecular formula is C25H23N3O5S. The molecule has 174 valence electrons. The molecule has 3 aromatic rings. The first kappa shape index (κ1) is 22.1. The fourth-order valence-electron chi connectivity index (χ4n) is 4.81. The van der Waals surface area contributed by atoms with E-state index in [4.69, 9.17) is 0 Å². The topological polar surface area (TPSA) is 104 Å². The molecule has 1 saturated heterocycles. The van der Waals surface area contributed by atoms with Crippen molar-refractivity contribution in [1.29, 1.82) is 0 Å². The fourth-order valence-corrected chi connectivity index (χ4v) is 5.77. The van der Waals surface area contributed by atoms with Crippen molar-refractivity contribution in [1.82, 2.24) is 10.2 Å². The fraction of sp³-hybridized carbons (Fsp3) is 0.240. The van der Waals surface area contributed by atoms with Crippen LogP contribution in [0.5, 0.6) is 0 Å². The van der Waals surface area contributed by atoms with Gasteiger partial charge in [-0.2, -0.15) is 0 Å². The molecule has 0 aliphatic carbocycles. The van der Waals surface area contributed by atoms with Gasteiger partial charge in [0, 0.05) is 12.1 Å². The first-order chi connectivity index (χ1) is 16.1. The Hall–Kier alpha value is -3.72. The van der Waals surface area contributed by atoms with Crippen LogP contribution in [0, 0.1) is 0 Å². The van der Waals surface area contributed by atoms with Crippen LogP contribution in [0.15, 0.2) is 60.7 Å². The maximum Gasteiger partial charge on any atom is 0.325 e. The summed E-state index contributed by atoms with van der Waals surface area (Å²) in [6.45, 7) is 1.57. The number of imide groups is 1. The SMILES string of the molecule is CC1(c2cccc3ccccc23)NC(=O)N(CC(=O)c2ccc3c(c2)CCN3S(C)(=O)=O)C1=O. The summed E-state index contributed by atoms with van der Waals surface area (Å²) >= 11 is 0. The maximum absolute atomic E-state index is 13.4. The van der Waals surface area contributed by atoms with Gasteiger partial charge in [-0.1, -0.05) is 42.5 Å². The van der Waals surface area contributed by atoms with E-state index in [0.717, 1.165) is 27.5 Å². The minimum Gasteiger partial charge on any atom is -0.319 e. The molecule has 0 radical (unpaired) electrons. The molecular weight excluding hydrogens is 454 g/mol. The predicted molar refractivity (Wildman–Crippen MR) is 128 cm³/mol. The van der Waals surface area contributed by atoms with Crippen molar-refractivity contribution in [2.45, 2.75) is 18.9 Å². The third kappa shape index (κ3) is 3.43. The summed E-state index contributed by atoms with van der Waals surface area (Å²) in [5.74, 6) is -0.891. The summed E-state index contributed by atoms with van der Waals surface area (Å²) in [6, 6.07) is 17.3. The van der Waals surface area contributed by atoms with E-state index in [-0.39, 0.29) is 0 Å². The van der Waals surface area contributed by atoms with E-state index in [9.17, 15) is 22.8 Å². The second kappa shape index (κ2) is 7.66. The highest BCUT2D eigenvalue weighted by atomic mass is 32.2. The van der Waals surface area contributed by atoms with Gasteiger partial charge in [0.25, 0.3) is 5.91 Å². The molecule has 1 unspecified atom stereocenters. The number of Topliss-reactive ketones (excluding diaryl/α,β-unsaturated/α-hetero) is 1. The molecule has 34 heavy (non-hydrogen) atoms. The molecule has 1 atom stereocenters. The lowest BCUT2D eigenvalue weighted by molar-refractivity contribution is -0.130. The number of carbonyl (C=O) groups excluding carboxylic acids is 3. The van der Waals surface area contributed by atoms with E-state index in [2.05, 4.69) is 5.32 Å². The van der Waals surface area contributed by atoms with Crippen LogP contribution in [0.1, 0.15) is 28.4 Å². The highest BCUT2D eigenvalue weighted by molar-refractivity contribution is 7.92. The third-order valence-corrected chi connectivity index (χ3v) is 7.74. The number of benzene rings is 3. The Bertz CT molecular complexity index is 1480. The Morgan fingerprint density at radius 1 is 1.06 bits per heavy atom. The predicted octanol–water partition coefficient (Wildman–Crippen LogP) is 2.81. The number of nitrogens with zero attached hydrogens (tertiary/aromatic N) is 2. The second-order valence-corrected chi connectivity index (χ2v) is 10.7. The van der Waals surface area contributed by atoms with Gasteiger partial charge in [-0.3, -0.25) is 18.8 Å². The summed E-state index contributed by atoms with van der Waals surface area (Å²) in [6.07, 6.45) is 1.64. The molecule has 3 amide bonds. The molecule has 5 rings (SSSR count). The summed E-state index contributed by atoms with van der Waals surface area (Å²) < 4.78 is 25.2.